The SMILES string of the molecule is NCCc1ccc(Br)cc1Oc1cccnc1. The number of aromatic nitrogens is 1. The van der Waals surface area contributed by atoms with Gasteiger partial charge in [0, 0.05) is 10.7 Å². The number of hydrogen-bond donors (Lipinski definition) is 1. The molecule has 0 unspecified atom stereocenters. The Morgan fingerprint density at radius 2 is 2.18 bits per heavy atom. The molecule has 17 heavy (non-hydrogen) atoms. The van der Waals surface area contributed by atoms with Crippen LogP contribution in [-0.2, 0) is 6.42 Å². The van der Waals surface area contributed by atoms with Gasteiger partial charge >= 0.3 is 0 Å². The first-order valence-corrected chi connectivity index (χ1v) is 6.15. The van der Waals surface area contributed by atoms with Gasteiger partial charge < -0.3 is 10.5 Å². The molecule has 3 nitrogen and oxygen atoms in total. The molecule has 1 heterocycles. The van der Waals surface area contributed by atoms with Gasteiger partial charge in [-0.15, -0.1) is 0 Å². The van der Waals surface area contributed by atoms with Crippen molar-refractivity contribution in [1.82, 2.24) is 4.98 Å². The van der Waals surface area contributed by atoms with Crippen LogP contribution in [0.25, 0.3) is 0 Å². The van der Waals surface area contributed by atoms with E-state index in [1.54, 1.807) is 12.4 Å². The molecule has 2 N–H and O–H groups in total. The van der Waals surface area contributed by atoms with E-state index in [2.05, 4.69) is 20.9 Å². The zero-order chi connectivity index (χ0) is 12.1. The van der Waals surface area contributed by atoms with E-state index in [9.17, 15) is 0 Å². The standard InChI is InChI=1S/C13H13BrN2O/c14-11-4-3-10(5-6-15)13(8-11)17-12-2-1-7-16-9-12/h1-4,7-9H,5-6,15H2. The van der Waals surface area contributed by atoms with E-state index < -0.39 is 0 Å². The fourth-order valence-corrected chi connectivity index (χ4v) is 1.86. The highest BCUT2D eigenvalue weighted by Crippen LogP contribution is 2.28. The molecular formula is C13H13BrN2O. The van der Waals surface area contributed by atoms with Crippen LogP contribution in [-0.4, -0.2) is 11.5 Å². The molecule has 0 radical (unpaired) electrons. The monoisotopic (exact) mass is 292 g/mol. The van der Waals surface area contributed by atoms with E-state index in [1.807, 2.05) is 30.3 Å². The van der Waals surface area contributed by atoms with Crippen LogP contribution in [0.15, 0.2) is 47.2 Å². The van der Waals surface area contributed by atoms with Gasteiger partial charge in [-0.05, 0) is 42.8 Å². The van der Waals surface area contributed by atoms with Gasteiger partial charge in [-0.1, -0.05) is 22.0 Å². The molecule has 0 spiro atoms. The predicted molar refractivity (Wildman–Crippen MR) is 71.2 cm³/mol. The maximum absolute atomic E-state index is 5.79. The molecule has 0 atom stereocenters. The Balaban J connectivity index is 2.27. The molecule has 0 amide bonds. The number of halogens is 1. The summed E-state index contributed by atoms with van der Waals surface area (Å²) in [6.45, 7) is 0.602. The molecule has 0 saturated heterocycles. The molecule has 1 aromatic heterocycles. The summed E-state index contributed by atoms with van der Waals surface area (Å²) in [6, 6.07) is 9.66. The molecule has 0 saturated carbocycles. The molecule has 0 aliphatic carbocycles. The van der Waals surface area contributed by atoms with E-state index in [4.69, 9.17) is 10.5 Å². The van der Waals surface area contributed by atoms with Crippen LogP contribution in [0.2, 0.25) is 0 Å². The lowest BCUT2D eigenvalue weighted by Gasteiger charge is -2.10. The van der Waals surface area contributed by atoms with Crippen LogP contribution in [0.1, 0.15) is 5.56 Å². The number of nitrogens with zero attached hydrogens (tertiary/aromatic N) is 1. The van der Waals surface area contributed by atoms with Gasteiger partial charge in [-0.25, -0.2) is 0 Å². The van der Waals surface area contributed by atoms with Crippen LogP contribution in [0.4, 0.5) is 0 Å². The Bertz CT molecular complexity index is 488. The van der Waals surface area contributed by atoms with Crippen molar-refractivity contribution in [2.24, 2.45) is 5.73 Å². The van der Waals surface area contributed by atoms with E-state index in [1.165, 1.54) is 0 Å². The zero-order valence-electron chi connectivity index (χ0n) is 9.27. The van der Waals surface area contributed by atoms with E-state index >= 15 is 0 Å². The highest BCUT2D eigenvalue weighted by Gasteiger charge is 2.05. The summed E-state index contributed by atoms with van der Waals surface area (Å²) in [5.74, 6) is 1.54. The number of rotatable bonds is 4. The average molecular weight is 293 g/mol. The van der Waals surface area contributed by atoms with E-state index in [0.717, 1.165) is 28.0 Å². The first kappa shape index (κ1) is 12.1. The van der Waals surface area contributed by atoms with Crippen LogP contribution in [0.3, 0.4) is 0 Å². The van der Waals surface area contributed by atoms with E-state index in [0.29, 0.717) is 6.54 Å². The van der Waals surface area contributed by atoms with Gasteiger partial charge in [-0.2, -0.15) is 0 Å². The minimum atomic E-state index is 0.602. The van der Waals surface area contributed by atoms with Crippen molar-refractivity contribution in [3.8, 4) is 11.5 Å². The molecule has 2 rings (SSSR count). The second-order valence-corrected chi connectivity index (χ2v) is 4.50. The predicted octanol–water partition coefficient (Wildman–Crippen LogP) is 3.14. The largest absolute Gasteiger partial charge is 0.455 e. The van der Waals surface area contributed by atoms with Crippen LogP contribution in [0, 0.1) is 0 Å². The summed E-state index contributed by atoms with van der Waals surface area (Å²) in [4.78, 5) is 4.02. The van der Waals surface area contributed by atoms with Crippen molar-refractivity contribution >= 4 is 15.9 Å². The van der Waals surface area contributed by atoms with Gasteiger partial charge in [-0.3, -0.25) is 4.98 Å². The van der Waals surface area contributed by atoms with E-state index in [-0.39, 0.29) is 0 Å². The highest BCUT2D eigenvalue weighted by molar-refractivity contribution is 9.10. The average Bonchev–Trinajstić information content (AvgIpc) is 2.34. The number of benzene rings is 1. The van der Waals surface area contributed by atoms with Crippen molar-refractivity contribution < 1.29 is 4.74 Å². The highest BCUT2D eigenvalue weighted by atomic mass is 79.9. The van der Waals surface area contributed by atoms with Gasteiger partial charge in [0.1, 0.15) is 11.5 Å². The van der Waals surface area contributed by atoms with Crippen molar-refractivity contribution in [2.75, 3.05) is 6.54 Å². The quantitative estimate of drug-likeness (QED) is 0.942. The third-order valence-electron chi connectivity index (χ3n) is 2.31. The Kier molecular flexibility index (Phi) is 4.12. The van der Waals surface area contributed by atoms with Crippen molar-refractivity contribution in [3.05, 3.63) is 52.8 Å². The summed E-state index contributed by atoms with van der Waals surface area (Å²) in [7, 11) is 0. The third-order valence-corrected chi connectivity index (χ3v) is 2.80. The molecule has 88 valence electrons. The molecule has 4 heteroatoms. The smallest absolute Gasteiger partial charge is 0.145 e. The fraction of sp³-hybridized carbons (Fsp3) is 0.154. The van der Waals surface area contributed by atoms with Gasteiger partial charge in [0.2, 0.25) is 0 Å². The molecular weight excluding hydrogens is 280 g/mol. The maximum atomic E-state index is 5.79. The lowest BCUT2D eigenvalue weighted by molar-refractivity contribution is 0.473. The minimum Gasteiger partial charge on any atom is -0.455 e. The normalized spacial score (nSPS) is 10.2. The number of nitrogens with two attached hydrogens (primary N) is 1. The van der Waals surface area contributed by atoms with Crippen LogP contribution >= 0.6 is 15.9 Å². The topological polar surface area (TPSA) is 48.1 Å². The number of pyridine rings is 1. The lowest BCUT2D eigenvalue weighted by atomic mass is 10.1. The summed E-state index contributed by atoms with van der Waals surface area (Å²) in [5, 5.41) is 0. The number of hydrogen-bond acceptors (Lipinski definition) is 3. The first-order valence-electron chi connectivity index (χ1n) is 5.36. The second-order valence-electron chi connectivity index (χ2n) is 3.58. The van der Waals surface area contributed by atoms with Gasteiger partial charge in [0.25, 0.3) is 0 Å². The molecule has 0 aliphatic rings. The maximum Gasteiger partial charge on any atom is 0.145 e. The first-order chi connectivity index (χ1) is 8.29. The molecule has 2 aromatic rings. The van der Waals surface area contributed by atoms with Crippen LogP contribution < -0.4 is 10.5 Å². The Morgan fingerprint density at radius 1 is 1.29 bits per heavy atom. The van der Waals surface area contributed by atoms with Crippen molar-refractivity contribution in [1.29, 1.82) is 0 Å². The van der Waals surface area contributed by atoms with Gasteiger partial charge in [0.15, 0.2) is 0 Å². The lowest BCUT2D eigenvalue weighted by Crippen LogP contribution is -2.04. The Hall–Kier alpha value is -1.39. The summed E-state index contributed by atoms with van der Waals surface area (Å²) in [5.41, 5.74) is 6.68. The summed E-state index contributed by atoms with van der Waals surface area (Å²) >= 11 is 3.43. The van der Waals surface area contributed by atoms with Crippen molar-refractivity contribution in [2.45, 2.75) is 6.42 Å². The van der Waals surface area contributed by atoms with Crippen molar-refractivity contribution in [3.63, 3.8) is 0 Å². The Labute approximate surface area is 109 Å². The molecule has 0 fully saturated rings. The second kappa shape index (κ2) is 5.80. The van der Waals surface area contributed by atoms with Gasteiger partial charge in [0.05, 0.1) is 6.20 Å². The molecule has 1 aromatic carbocycles. The molecule has 0 bridgehead atoms. The third kappa shape index (κ3) is 3.28. The molecule has 0 aliphatic heterocycles. The minimum absolute atomic E-state index is 0.602. The summed E-state index contributed by atoms with van der Waals surface area (Å²) in [6.07, 6.45) is 4.20. The fourth-order valence-electron chi connectivity index (χ4n) is 1.52. The Morgan fingerprint density at radius 3 is 2.88 bits per heavy atom. The van der Waals surface area contributed by atoms with Crippen LogP contribution in [0.5, 0.6) is 11.5 Å². The summed E-state index contributed by atoms with van der Waals surface area (Å²) < 4.78 is 6.78. The zero-order valence-corrected chi connectivity index (χ0v) is 10.9. The number of ether oxygens (including phenoxy) is 1.